The molecule has 0 fully saturated rings. The van der Waals surface area contributed by atoms with Gasteiger partial charge in [-0.3, -0.25) is 9.59 Å². The third kappa shape index (κ3) is 4.46. The summed E-state index contributed by atoms with van der Waals surface area (Å²) < 4.78 is 12.4. The van der Waals surface area contributed by atoms with E-state index in [-0.39, 0.29) is 18.6 Å². The summed E-state index contributed by atoms with van der Waals surface area (Å²) >= 11 is 0. The van der Waals surface area contributed by atoms with Crippen LogP contribution in [0.4, 0.5) is 11.5 Å². The number of ether oxygens (including phenoxy) is 2. The monoisotopic (exact) mass is 468 g/mol. The van der Waals surface area contributed by atoms with Crippen molar-refractivity contribution in [2.45, 2.75) is 20.8 Å². The Labute approximate surface area is 202 Å². The summed E-state index contributed by atoms with van der Waals surface area (Å²) in [5, 5.41) is 10.5. The number of aromatic nitrogens is 2. The Bertz CT molecular complexity index is 1420. The number of aryl methyl sites for hydroxylation is 2. The fourth-order valence-electron chi connectivity index (χ4n) is 3.99. The molecular formula is C27H24N4O4. The van der Waals surface area contributed by atoms with Crippen LogP contribution in [0.25, 0.3) is 16.8 Å². The first-order valence-electron chi connectivity index (χ1n) is 11.1. The molecule has 2 N–H and O–H groups in total. The average molecular weight is 469 g/mol. The van der Waals surface area contributed by atoms with Gasteiger partial charge in [0.2, 0.25) is 12.7 Å². The van der Waals surface area contributed by atoms with Gasteiger partial charge in [0, 0.05) is 29.8 Å². The van der Waals surface area contributed by atoms with E-state index in [0.29, 0.717) is 28.6 Å². The molecule has 0 bridgehead atoms. The molecule has 1 aliphatic heterocycles. The van der Waals surface area contributed by atoms with Gasteiger partial charge in [0.25, 0.3) is 5.91 Å². The summed E-state index contributed by atoms with van der Waals surface area (Å²) in [4.78, 5) is 24.8. The number of nitrogens with one attached hydrogen (secondary N) is 2. The molecule has 0 radical (unpaired) electrons. The summed E-state index contributed by atoms with van der Waals surface area (Å²) in [6.07, 6.45) is 0. The van der Waals surface area contributed by atoms with Gasteiger partial charge in [-0.1, -0.05) is 29.8 Å². The van der Waals surface area contributed by atoms with E-state index in [4.69, 9.17) is 9.47 Å². The SMILES string of the molecule is CC(=O)Nc1c(-c2ccc(C)cc2)c(C)nn1-c1ccc(C(=O)Nc2ccc3c(c2)OCO3)cc1. The van der Waals surface area contributed by atoms with Crippen LogP contribution in [0.2, 0.25) is 0 Å². The minimum atomic E-state index is -0.255. The van der Waals surface area contributed by atoms with Gasteiger partial charge < -0.3 is 20.1 Å². The second kappa shape index (κ2) is 8.98. The molecule has 1 aromatic heterocycles. The highest BCUT2D eigenvalue weighted by Gasteiger charge is 2.20. The van der Waals surface area contributed by atoms with E-state index >= 15 is 0 Å². The lowest BCUT2D eigenvalue weighted by molar-refractivity contribution is -0.114. The normalized spacial score (nSPS) is 11.9. The third-order valence-electron chi connectivity index (χ3n) is 5.70. The summed E-state index contributed by atoms with van der Waals surface area (Å²) in [6.45, 7) is 5.57. The van der Waals surface area contributed by atoms with Gasteiger partial charge in [0.15, 0.2) is 11.5 Å². The van der Waals surface area contributed by atoms with Crippen molar-refractivity contribution < 1.29 is 19.1 Å². The molecular weight excluding hydrogens is 444 g/mol. The molecule has 2 amide bonds. The molecule has 0 saturated carbocycles. The quantitative estimate of drug-likeness (QED) is 0.425. The van der Waals surface area contributed by atoms with Crippen molar-refractivity contribution in [1.29, 1.82) is 0 Å². The predicted octanol–water partition coefficient (Wildman–Crippen LogP) is 5.10. The molecule has 0 atom stereocenters. The van der Waals surface area contributed by atoms with Gasteiger partial charge in [-0.25, -0.2) is 4.68 Å². The lowest BCUT2D eigenvalue weighted by atomic mass is 10.0. The predicted molar refractivity (Wildman–Crippen MR) is 133 cm³/mol. The second-order valence-corrected chi connectivity index (χ2v) is 8.34. The molecule has 4 aromatic rings. The van der Waals surface area contributed by atoms with Crippen molar-refractivity contribution in [3.63, 3.8) is 0 Å². The van der Waals surface area contributed by atoms with Crippen LogP contribution in [0.15, 0.2) is 66.7 Å². The molecule has 35 heavy (non-hydrogen) atoms. The number of fused-ring (bicyclic) bond motifs is 1. The van der Waals surface area contributed by atoms with Gasteiger partial charge >= 0.3 is 0 Å². The lowest BCUT2D eigenvalue weighted by Crippen LogP contribution is -2.13. The van der Waals surface area contributed by atoms with Crippen LogP contribution in [0.3, 0.4) is 0 Å². The molecule has 0 aliphatic carbocycles. The smallest absolute Gasteiger partial charge is 0.255 e. The molecule has 176 valence electrons. The molecule has 3 aromatic carbocycles. The third-order valence-corrected chi connectivity index (χ3v) is 5.70. The van der Waals surface area contributed by atoms with E-state index in [1.54, 1.807) is 47.1 Å². The van der Waals surface area contributed by atoms with Crippen LogP contribution in [0, 0.1) is 13.8 Å². The van der Waals surface area contributed by atoms with Crippen molar-refractivity contribution in [2.24, 2.45) is 0 Å². The number of anilines is 2. The van der Waals surface area contributed by atoms with Gasteiger partial charge in [0.1, 0.15) is 5.82 Å². The first kappa shape index (κ1) is 22.2. The number of amides is 2. The number of hydrogen-bond acceptors (Lipinski definition) is 5. The van der Waals surface area contributed by atoms with Crippen LogP contribution in [-0.2, 0) is 4.79 Å². The first-order chi connectivity index (χ1) is 16.9. The fraction of sp³-hybridized carbons (Fsp3) is 0.148. The number of nitrogens with zero attached hydrogens (tertiary/aromatic N) is 2. The number of rotatable bonds is 5. The summed E-state index contributed by atoms with van der Waals surface area (Å²) in [5.74, 6) is 1.38. The maximum atomic E-state index is 12.8. The zero-order chi connectivity index (χ0) is 24.5. The highest BCUT2D eigenvalue weighted by Crippen LogP contribution is 2.35. The summed E-state index contributed by atoms with van der Waals surface area (Å²) in [7, 11) is 0. The van der Waals surface area contributed by atoms with E-state index in [1.165, 1.54) is 6.92 Å². The first-order valence-corrected chi connectivity index (χ1v) is 11.1. The van der Waals surface area contributed by atoms with Gasteiger partial charge in [-0.15, -0.1) is 0 Å². The largest absolute Gasteiger partial charge is 0.454 e. The van der Waals surface area contributed by atoms with Crippen LogP contribution in [0.1, 0.15) is 28.5 Å². The standard InChI is InChI=1S/C27H24N4O4/c1-16-4-6-19(7-5-16)25-17(2)30-31(26(25)28-18(3)32)22-11-8-20(9-12-22)27(33)29-21-10-13-23-24(14-21)35-15-34-23/h4-14H,15H2,1-3H3,(H,28,32)(H,29,33). The Balaban J connectivity index is 1.43. The maximum Gasteiger partial charge on any atom is 0.255 e. The van der Waals surface area contributed by atoms with Crippen LogP contribution in [0.5, 0.6) is 11.5 Å². The van der Waals surface area contributed by atoms with E-state index in [0.717, 1.165) is 28.1 Å². The molecule has 8 nitrogen and oxygen atoms in total. The molecule has 0 saturated heterocycles. The maximum absolute atomic E-state index is 12.8. The molecule has 0 unspecified atom stereocenters. The van der Waals surface area contributed by atoms with E-state index in [9.17, 15) is 9.59 Å². The van der Waals surface area contributed by atoms with Crippen molar-refractivity contribution in [1.82, 2.24) is 9.78 Å². The number of hydrogen-bond donors (Lipinski definition) is 2. The van der Waals surface area contributed by atoms with Gasteiger partial charge in [-0.2, -0.15) is 5.10 Å². The van der Waals surface area contributed by atoms with Crippen molar-refractivity contribution in [2.75, 3.05) is 17.4 Å². The van der Waals surface area contributed by atoms with Gasteiger partial charge in [0.05, 0.1) is 11.4 Å². The summed E-state index contributed by atoms with van der Waals surface area (Å²) in [6, 6.07) is 20.4. The Morgan fingerprint density at radius 2 is 1.60 bits per heavy atom. The van der Waals surface area contributed by atoms with Crippen molar-refractivity contribution in [3.8, 4) is 28.3 Å². The van der Waals surface area contributed by atoms with E-state index < -0.39 is 0 Å². The number of carbonyl (C=O) groups is 2. The van der Waals surface area contributed by atoms with Crippen LogP contribution in [-0.4, -0.2) is 28.4 Å². The second-order valence-electron chi connectivity index (χ2n) is 8.34. The lowest BCUT2D eigenvalue weighted by Gasteiger charge is -2.11. The zero-order valence-electron chi connectivity index (χ0n) is 19.6. The minimum Gasteiger partial charge on any atom is -0.454 e. The number of benzene rings is 3. The molecule has 1 aliphatic rings. The Morgan fingerprint density at radius 1 is 0.886 bits per heavy atom. The van der Waals surface area contributed by atoms with E-state index in [1.807, 2.05) is 38.1 Å². The average Bonchev–Trinajstić information content (AvgIpc) is 3.43. The number of carbonyl (C=O) groups excluding carboxylic acids is 2. The van der Waals surface area contributed by atoms with Crippen LogP contribution < -0.4 is 20.1 Å². The molecule has 2 heterocycles. The highest BCUT2D eigenvalue weighted by molar-refractivity contribution is 6.04. The Morgan fingerprint density at radius 3 is 2.31 bits per heavy atom. The van der Waals surface area contributed by atoms with Crippen LogP contribution >= 0.6 is 0 Å². The minimum absolute atomic E-state index is 0.174. The highest BCUT2D eigenvalue weighted by atomic mass is 16.7. The Kier molecular flexibility index (Phi) is 5.70. The zero-order valence-corrected chi connectivity index (χ0v) is 19.6. The Hall–Kier alpha value is -4.59. The fourth-order valence-corrected chi connectivity index (χ4v) is 3.99. The molecule has 8 heteroatoms. The van der Waals surface area contributed by atoms with E-state index in [2.05, 4.69) is 15.7 Å². The molecule has 5 rings (SSSR count). The van der Waals surface area contributed by atoms with Gasteiger partial charge in [-0.05, 0) is 55.8 Å². The summed E-state index contributed by atoms with van der Waals surface area (Å²) in [5.41, 5.74) is 5.55. The van der Waals surface area contributed by atoms with Crippen molar-refractivity contribution in [3.05, 3.63) is 83.6 Å². The topological polar surface area (TPSA) is 94.5 Å². The van der Waals surface area contributed by atoms with Crippen molar-refractivity contribution >= 4 is 23.3 Å². The molecule has 0 spiro atoms.